The minimum atomic E-state index is -1.00. The van der Waals surface area contributed by atoms with E-state index in [0.717, 1.165) is 31.2 Å². The first-order valence-corrected chi connectivity index (χ1v) is 8.02. The van der Waals surface area contributed by atoms with Gasteiger partial charge in [0.2, 0.25) is 5.79 Å². The topological polar surface area (TPSA) is 36.9 Å². The smallest absolute Gasteiger partial charge is 0.230 e. The van der Waals surface area contributed by atoms with E-state index in [-0.39, 0.29) is 5.82 Å². The maximum absolute atomic E-state index is 13.2. The number of ether oxygens (including phenoxy) is 2. The summed E-state index contributed by atoms with van der Waals surface area (Å²) >= 11 is 0. The number of halogens is 1. The van der Waals surface area contributed by atoms with Gasteiger partial charge in [-0.05, 0) is 37.3 Å². The summed E-state index contributed by atoms with van der Waals surface area (Å²) in [5, 5.41) is 0. The SMILES string of the molecule is COC1O[C@@]2(c3ccc(F)cc3)CCC3CCCC[C@]31OO2. The standard InChI is InChI=1S/C17H21FO4/c1-19-15-16-10-3-2-4-12(16)9-11-17(20-15,22-21-16)13-5-7-14(18)8-6-13/h5-8,12,15H,2-4,9-11H2,1H3/t12?,15?,16-,17-/m0/s1. The first-order valence-electron chi connectivity index (χ1n) is 8.02. The van der Waals surface area contributed by atoms with E-state index in [1.165, 1.54) is 18.6 Å². The summed E-state index contributed by atoms with van der Waals surface area (Å²) in [6, 6.07) is 6.22. The fourth-order valence-corrected chi connectivity index (χ4v) is 4.20. The van der Waals surface area contributed by atoms with Crippen LogP contribution in [0.1, 0.15) is 44.1 Å². The zero-order valence-electron chi connectivity index (χ0n) is 12.7. The van der Waals surface area contributed by atoms with Gasteiger partial charge in [-0.1, -0.05) is 25.0 Å². The Kier molecular flexibility index (Phi) is 3.49. The molecule has 4 atom stereocenters. The summed E-state index contributed by atoms with van der Waals surface area (Å²) in [5.41, 5.74) is 0.261. The van der Waals surface area contributed by atoms with E-state index in [0.29, 0.717) is 12.3 Å². The normalized spacial score (nSPS) is 41.0. The molecule has 1 aromatic carbocycles. The van der Waals surface area contributed by atoms with E-state index >= 15 is 0 Å². The number of rotatable bonds is 2. The molecule has 3 aliphatic heterocycles. The van der Waals surface area contributed by atoms with Gasteiger partial charge in [-0.25, -0.2) is 9.28 Å². The van der Waals surface area contributed by atoms with Gasteiger partial charge in [-0.3, -0.25) is 0 Å². The molecule has 0 amide bonds. The highest BCUT2D eigenvalue weighted by Gasteiger charge is 2.61. The zero-order chi connectivity index (χ0) is 15.2. The van der Waals surface area contributed by atoms with Crippen LogP contribution in [0.2, 0.25) is 0 Å². The highest BCUT2D eigenvalue weighted by atomic mass is 19.1. The molecule has 2 bridgehead atoms. The summed E-state index contributed by atoms with van der Waals surface area (Å²) in [5.74, 6) is -0.910. The Hall–Kier alpha value is -1.01. The molecule has 2 unspecified atom stereocenters. The third kappa shape index (κ3) is 2.03. The Morgan fingerprint density at radius 2 is 1.91 bits per heavy atom. The predicted molar refractivity (Wildman–Crippen MR) is 76.1 cm³/mol. The van der Waals surface area contributed by atoms with Crippen LogP contribution < -0.4 is 0 Å². The number of hydrogen-bond acceptors (Lipinski definition) is 4. The molecule has 4 aliphatic rings. The fraction of sp³-hybridized carbons (Fsp3) is 0.647. The van der Waals surface area contributed by atoms with Crippen molar-refractivity contribution >= 4 is 0 Å². The van der Waals surface area contributed by atoms with Crippen LogP contribution in [0.25, 0.3) is 0 Å². The molecule has 0 radical (unpaired) electrons. The van der Waals surface area contributed by atoms with Crippen molar-refractivity contribution in [3.05, 3.63) is 35.6 Å². The van der Waals surface area contributed by atoms with Crippen molar-refractivity contribution < 1.29 is 23.6 Å². The lowest BCUT2D eigenvalue weighted by molar-refractivity contribution is -0.558. The third-order valence-electron chi connectivity index (χ3n) is 5.41. The summed E-state index contributed by atoms with van der Waals surface area (Å²) in [4.78, 5) is 11.7. The maximum atomic E-state index is 13.2. The molecule has 0 N–H and O–H groups in total. The lowest BCUT2D eigenvalue weighted by atomic mass is 9.73. The Labute approximate surface area is 129 Å². The van der Waals surface area contributed by atoms with Gasteiger partial charge >= 0.3 is 0 Å². The number of hydrogen-bond donors (Lipinski definition) is 0. The van der Waals surface area contributed by atoms with Gasteiger partial charge in [0.05, 0.1) is 0 Å². The average Bonchev–Trinajstić information content (AvgIpc) is 2.81. The average molecular weight is 308 g/mol. The van der Waals surface area contributed by atoms with Crippen LogP contribution in [0.5, 0.6) is 0 Å². The molecule has 0 aromatic heterocycles. The first-order chi connectivity index (χ1) is 10.7. The largest absolute Gasteiger partial charge is 0.353 e. The molecule has 1 saturated carbocycles. The van der Waals surface area contributed by atoms with E-state index in [1.807, 2.05) is 0 Å². The summed E-state index contributed by atoms with van der Waals surface area (Å²) < 4.78 is 25.1. The minimum Gasteiger partial charge on any atom is -0.353 e. The maximum Gasteiger partial charge on any atom is 0.230 e. The van der Waals surface area contributed by atoms with E-state index in [4.69, 9.17) is 19.2 Å². The second-order valence-electron chi connectivity index (χ2n) is 6.55. The van der Waals surface area contributed by atoms with Crippen molar-refractivity contribution in [2.75, 3.05) is 7.11 Å². The van der Waals surface area contributed by atoms with Crippen LogP contribution >= 0.6 is 0 Å². The van der Waals surface area contributed by atoms with Crippen molar-refractivity contribution in [1.82, 2.24) is 0 Å². The second-order valence-corrected chi connectivity index (χ2v) is 6.55. The highest BCUT2D eigenvalue weighted by molar-refractivity contribution is 5.22. The zero-order valence-corrected chi connectivity index (χ0v) is 12.7. The van der Waals surface area contributed by atoms with Gasteiger partial charge in [0.1, 0.15) is 5.82 Å². The van der Waals surface area contributed by atoms with E-state index in [9.17, 15) is 4.39 Å². The molecule has 120 valence electrons. The Morgan fingerprint density at radius 1 is 1.09 bits per heavy atom. The van der Waals surface area contributed by atoms with Crippen molar-refractivity contribution in [3.63, 3.8) is 0 Å². The van der Waals surface area contributed by atoms with Crippen molar-refractivity contribution in [1.29, 1.82) is 0 Å². The summed E-state index contributed by atoms with van der Waals surface area (Å²) in [7, 11) is 1.65. The fourth-order valence-electron chi connectivity index (χ4n) is 4.20. The van der Waals surface area contributed by atoms with E-state index in [1.54, 1.807) is 19.2 Å². The highest BCUT2D eigenvalue weighted by Crippen LogP contribution is 2.54. The van der Waals surface area contributed by atoms with Crippen molar-refractivity contribution in [2.45, 2.75) is 56.2 Å². The van der Waals surface area contributed by atoms with Gasteiger partial charge in [0.15, 0.2) is 11.9 Å². The molecule has 3 saturated heterocycles. The molecule has 5 rings (SSSR count). The van der Waals surface area contributed by atoms with E-state index < -0.39 is 17.7 Å². The first kappa shape index (κ1) is 14.6. The second kappa shape index (κ2) is 5.27. The summed E-state index contributed by atoms with van der Waals surface area (Å²) in [6.45, 7) is 0. The van der Waals surface area contributed by atoms with Gasteiger partial charge < -0.3 is 9.47 Å². The number of methoxy groups -OCH3 is 1. The van der Waals surface area contributed by atoms with Gasteiger partial charge in [-0.15, -0.1) is 0 Å². The van der Waals surface area contributed by atoms with Crippen LogP contribution in [0, 0.1) is 11.7 Å². The Bertz CT molecular complexity index is 544. The molecule has 1 spiro atoms. The quantitative estimate of drug-likeness (QED) is 0.782. The van der Waals surface area contributed by atoms with Crippen molar-refractivity contribution in [3.8, 4) is 0 Å². The number of benzene rings is 1. The molecular formula is C17H21FO4. The van der Waals surface area contributed by atoms with Crippen LogP contribution in [0.15, 0.2) is 24.3 Å². The van der Waals surface area contributed by atoms with E-state index in [2.05, 4.69) is 0 Å². The molecule has 22 heavy (non-hydrogen) atoms. The van der Waals surface area contributed by atoms with Crippen molar-refractivity contribution in [2.24, 2.45) is 5.92 Å². The Balaban J connectivity index is 1.73. The molecule has 1 aliphatic carbocycles. The molecule has 1 aromatic rings. The monoisotopic (exact) mass is 308 g/mol. The van der Waals surface area contributed by atoms with Crippen LogP contribution in [-0.2, 0) is 25.0 Å². The van der Waals surface area contributed by atoms with Crippen LogP contribution in [-0.4, -0.2) is 19.0 Å². The third-order valence-corrected chi connectivity index (χ3v) is 5.41. The van der Waals surface area contributed by atoms with Crippen LogP contribution in [0.3, 0.4) is 0 Å². The van der Waals surface area contributed by atoms with Gasteiger partial charge in [0, 0.05) is 19.1 Å². The van der Waals surface area contributed by atoms with Gasteiger partial charge in [0.25, 0.3) is 0 Å². The lowest BCUT2D eigenvalue weighted by Gasteiger charge is -2.49. The molecule has 4 nitrogen and oxygen atoms in total. The molecular weight excluding hydrogens is 287 g/mol. The number of fused-ring (bicyclic) bond motifs is 3. The lowest BCUT2D eigenvalue weighted by Crippen LogP contribution is -2.59. The minimum absolute atomic E-state index is 0.279. The van der Waals surface area contributed by atoms with Gasteiger partial charge in [-0.2, -0.15) is 4.89 Å². The molecule has 5 heteroatoms. The summed E-state index contributed by atoms with van der Waals surface area (Å²) in [6.07, 6.45) is 5.46. The van der Waals surface area contributed by atoms with Crippen LogP contribution in [0.4, 0.5) is 4.39 Å². The predicted octanol–water partition coefficient (Wildman–Crippen LogP) is 3.65. The molecule has 3 heterocycles. The molecule has 4 fully saturated rings. The Morgan fingerprint density at radius 3 is 2.68 bits per heavy atom.